The van der Waals surface area contributed by atoms with Gasteiger partial charge in [-0.15, -0.1) is 0 Å². The highest BCUT2D eigenvalue weighted by atomic mass is 16.5. The van der Waals surface area contributed by atoms with E-state index in [0.717, 1.165) is 37.3 Å². The first-order valence-electron chi connectivity index (χ1n) is 7.23. The van der Waals surface area contributed by atoms with E-state index >= 15 is 0 Å². The first kappa shape index (κ1) is 16.7. The molecule has 0 radical (unpaired) electrons. The zero-order chi connectivity index (χ0) is 15.0. The van der Waals surface area contributed by atoms with Crippen LogP contribution < -0.4 is 5.32 Å². The van der Waals surface area contributed by atoms with Crippen molar-refractivity contribution in [1.29, 1.82) is 0 Å². The molecule has 20 heavy (non-hydrogen) atoms. The van der Waals surface area contributed by atoms with Gasteiger partial charge in [0, 0.05) is 13.1 Å². The molecule has 0 bridgehead atoms. The molecule has 0 saturated carbocycles. The Bertz CT molecular complexity index is 417. The smallest absolute Gasteiger partial charge is 0.327 e. The highest BCUT2D eigenvalue weighted by molar-refractivity contribution is 5.78. The molecular weight excluding hydrogens is 252 g/mol. The molecule has 1 N–H and O–H groups in total. The molecule has 1 aromatic carbocycles. The number of hydrogen-bond acceptors (Lipinski definition) is 4. The van der Waals surface area contributed by atoms with Gasteiger partial charge in [-0.2, -0.15) is 0 Å². The van der Waals surface area contributed by atoms with Crippen molar-refractivity contribution in [2.24, 2.45) is 0 Å². The van der Waals surface area contributed by atoms with E-state index in [9.17, 15) is 4.79 Å². The summed E-state index contributed by atoms with van der Waals surface area (Å²) in [5.74, 6) is -0.237. The van der Waals surface area contributed by atoms with Gasteiger partial charge in [-0.3, -0.25) is 5.32 Å². The normalized spacial score (nSPS) is 12.4. The van der Waals surface area contributed by atoms with Crippen molar-refractivity contribution in [3.05, 3.63) is 35.4 Å². The number of benzene rings is 1. The van der Waals surface area contributed by atoms with E-state index in [0.29, 0.717) is 0 Å². The van der Waals surface area contributed by atoms with Gasteiger partial charge in [-0.1, -0.05) is 38.1 Å². The van der Waals surface area contributed by atoms with Crippen LogP contribution in [0, 0.1) is 6.92 Å². The summed E-state index contributed by atoms with van der Waals surface area (Å²) in [4.78, 5) is 14.3. The molecule has 0 aromatic heterocycles. The van der Waals surface area contributed by atoms with E-state index in [1.54, 1.807) is 0 Å². The fourth-order valence-corrected chi connectivity index (χ4v) is 2.26. The molecule has 1 aromatic rings. The van der Waals surface area contributed by atoms with E-state index in [1.165, 1.54) is 7.11 Å². The third kappa shape index (κ3) is 4.62. The average molecular weight is 278 g/mol. The molecular formula is C16H26N2O2. The number of nitrogens with one attached hydrogen (secondary N) is 1. The monoisotopic (exact) mass is 278 g/mol. The summed E-state index contributed by atoms with van der Waals surface area (Å²) in [7, 11) is 1.43. The zero-order valence-electron chi connectivity index (χ0n) is 13.0. The third-order valence-electron chi connectivity index (χ3n) is 3.61. The Morgan fingerprint density at radius 2 is 1.95 bits per heavy atom. The molecule has 0 saturated heterocycles. The van der Waals surface area contributed by atoms with Crippen LogP contribution in [-0.2, 0) is 9.53 Å². The Morgan fingerprint density at radius 1 is 1.30 bits per heavy atom. The van der Waals surface area contributed by atoms with Crippen LogP contribution in [0.3, 0.4) is 0 Å². The summed E-state index contributed by atoms with van der Waals surface area (Å²) in [5, 5.41) is 3.31. The van der Waals surface area contributed by atoms with Gasteiger partial charge in [0.25, 0.3) is 0 Å². The summed E-state index contributed by atoms with van der Waals surface area (Å²) < 4.78 is 4.92. The fourth-order valence-electron chi connectivity index (χ4n) is 2.26. The van der Waals surface area contributed by atoms with Crippen molar-refractivity contribution in [2.45, 2.75) is 26.8 Å². The van der Waals surface area contributed by atoms with E-state index in [4.69, 9.17) is 4.74 Å². The van der Waals surface area contributed by atoms with Crippen molar-refractivity contribution < 1.29 is 9.53 Å². The minimum absolute atomic E-state index is 0.237. The maximum Gasteiger partial charge on any atom is 0.327 e. The second kappa shape index (κ2) is 8.72. The zero-order valence-corrected chi connectivity index (χ0v) is 13.0. The van der Waals surface area contributed by atoms with Crippen LogP contribution in [0.25, 0.3) is 0 Å². The standard InChI is InChI=1S/C16H26N2O2/c1-5-18(6-2)12-11-17-15(16(19)20-4)14-10-8-7-9-13(14)3/h7-10,15,17H,5-6,11-12H2,1-4H3. The van der Waals surface area contributed by atoms with Crippen LogP contribution >= 0.6 is 0 Å². The Balaban J connectivity index is 2.72. The molecule has 0 heterocycles. The topological polar surface area (TPSA) is 41.6 Å². The van der Waals surface area contributed by atoms with Crippen molar-refractivity contribution in [3.8, 4) is 0 Å². The van der Waals surface area contributed by atoms with Gasteiger partial charge in [-0.25, -0.2) is 4.79 Å². The van der Waals surface area contributed by atoms with Crippen LogP contribution in [0.4, 0.5) is 0 Å². The van der Waals surface area contributed by atoms with Gasteiger partial charge in [0.1, 0.15) is 6.04 Å². The van der Waals surface area contributed by atoms with Gasteiger partial charge in [0.15, 0.2) is 0 Å². The first-order chi connectivity index (χ1) is 9.63. The summed E-state index contributed by atoms with van der Waals surface area (Å²) >= 11 is 0. The second-order valence-electron chi connectivity index (χ2n) is 4.79. The quantitative estimate of drug-likeness (QED) is 0.740. The highest BCUT2D eigenvalue weighted by Gasteiger charge is 2.22. The predicted molar refractivity (Wildman–Crippen MR) is 81.7 cm³/mol. The Hall–Kier alpha value is -1.39. The number of ether oxygens (including phenoxy) is 1. The first-order valence-corrected chi connectivity index (χ1v) is 7.23. The summed E-state index contributed by atoms with van der Waals surface area (Å²) in [5.41, 5.74) is 2.08. The van der Waals surface area contributed by atoms with Crippen molar-refractivity contribution >= 4 is 5.97 Å². The number of carbonyl (C=O) groups excluding carboxylic acids is 1. The average Bonchev–Trinajstić information content (AvgIpc) is 2.48. The largest absolute Gasteiger partial charge is 0.468 e. The minimum atomic E-state index is -0.392. The molecule has 0 spiro atoms. The van der Waals surface area contributed by atoms with Gasteiger partial charge >= 0.3 is 5.97 Å². The Morgan fingerprint density at radius 3 is 2.50 bits per heavy atom. The van der Waals surface area contributed by atoms with Gasteiger partial charge in [-0.05, 0) is 31.1 Å². The van der Waals surface area contributed by atoms with Crippen LogP contribution in [0.1, 0.15) is 31.0 Å². The van der Waals surface area contributed by atoms with Crippen LogP contribution in [0.5, 0.6) is 0 Å². The number of rotatable bonds is 8. The highest BCUT2D eigenvalue weighted by Crippen LogP contribution is 2.18. The molecule has 1 atom stereocenters. The van der Waals surface area contributed by atoms with Gasteiger partial charge < -0.3 is 9.64 Å². The van der Waals surface area contributed by atoms with Gasteiger partial charge in [0.05, 0.1) is 7.11 Å². The van der Waals surface area contributed by atoms with Crippen molar-refractivity contribution in [1.82, 2.24) is 10.2 Å². The lowest BCUT2D eigenvalue weighted by molar-refractivity contribution is -0.143. The maximum atomic E-state index is 12.0. The lowest BCUT2D eigenvalue weighted by atomic mass is 10.0. The molecule has 4 heteroatoms. The number of aryl methyl sites for hydroxylation is 1. The van der Waals surface area contributed by atoms with Crippen LogP contribution in [0.2, 0.25) is 0 Å². The number of methoxy groups -OCH3 is 1. The van der Waals surface area contributed by atoms with Gasteiger partial charge in [0.2, 0.25) is 0 Å². The second-order valence-corrected chi connectivity index (χ2v) is 4.79. The lowest BCUT2D eigenvalue weighted by Crippen LogP contribution is -2.37. The Labute approximate surface area is 122 Å². The number of hydrogen-bond donors (Lipinski definition) is 1. The van der Waals surface area contributed by atoms with Crippen molar-refractivity contribution in [2.75, 3.05) is 33.3 Å². The van der Waals surface area contributed by atoms with E-state index in [2.05, 4.69) is 24.1 Å². The van der Waals surface area contributed by atoms with Crippen molar-refractivity contribution in [3.63, 3.8) is 0 Å². The predicted octanol–water partition coefficient (Wildman–Crippen LogP) is 2.14. The fraction of sp³-hybridized carbons (Fsp3) is 0.562. The van der Waals surface area contributed by atoms with Crippen LogP contribution in [-0.4, -0.2) is 44.2 Å². The molecule has 0 amide bonds. The van der Waals surface area contributed by atoms with E-state index in [-0.39, 0.29) is 5.97 Å². The molecule has 0 fully saturated rings. The van der Waals surface area contributed by atoms with E-state index in [1.807, 2.05) is 31.2 Å². The number of carbonyl (C=O) groups is 1. The SMILES string of the molecule is CCN(CC)CCNC(C(=O)OC)c1ccccc1C. The lowest BCUT2D eigenvalue weighted by Gasteiger charge is -2.22. The van der Waals surface area contributed by atoms with Crippen LogP contribution in [0.15, 0.2) is 24.3 Å². The molecule has 112 valence electrons. The minimum Gasteiger partial charge on any atom is -0.468 e. The molecule has 0 aliphatic rings. The molecule has 1 rings (SSSR count). The summed E-state index contributed by atoms with van der Waals surface area (Å²) in [6, 6.07) is 7.52. The van der Waals surface area contributed by atoms with E-state index < -0.39 is 6.04 Å². The number of nitrogens with zero attached hydrogens (tertiary/aromatic N) is 1. The molecule has 1 unspecified atom stereocenters. The summed E-state index contributed by atoms with van der Waals surface area (Å²) in [6.45, 7) is 10.0. The Kier molecular flexibility index (Phi) is 7.26. The number of esters is 1. The maximum absolute atomic E-state index is 12.0. The third-order valence-corrected chi connectivity index (χ3v) is 3.61. The number of likely N-dealkylation sites (N-methyl/N-ethyl adjacent to an activating group) is 1. The molecule has 0 aliphatic carbocycles. The molecule has 4 nitrogen and oxygen atoms in total. The summed E-state index contributed by atoms with van der Waals surface area (Å²) in [6.07, 6.45) is 0. The molecule has 0 aliphatic heterocycles.